The lowest BCUT2D eigenvalue weighted by atomic mass is 10.0. The van der Waals surface area contributed by atoms with Crippen molar-refractivity contribution in [2.24, 2.45) is 5.92 Å². The first-order valence-electron chi connectivity index (χ1n) is 9.80. The van der Waals surface area contributed by atoms with Gasteiger partial charge in [-0.15, -0.1) is 0 Å². The number of hydrogen-bond donors (Lipinski definition) is 1. The van der Waals surface area contributed by atoms with Gasteiger partial charge in [-0.2, -0.15) is 4.31 Å². The van der Waals surface area contributed by atoms with Gasteiger partial charge in [0, 0.05) is 24.7 Å². The largest absolute Gasteiger partial charge is 0.312 e. The van der Waals surface area contributed by atoms with E-state index >= 15 is 0 Å². The zero-order chi connectivity index (χ0) is 19.4. The van der Waals surface area contributed by atoms with Crippen LogP contribution in [0, 0.1) is 5.92 Å². The van der Waals surface area contributed by atoms with Crippen molar-refractivity contribution in [1.29, 1.82) is 0 Å². The highest BCUT2D eigenvalue weighted by Gasteiger charge is 2.33. The molecule has 1 saturated heterocycles. The molecule has 4 nitrogen and oxygen atoms in total. The molecule has 2 aromatic carbocycles. The van der Waals surface area contributed by atoms with E-state index in [1.807, 2.05) is 31.2 Å². The molecule has 1 N–H and O–H groups in total. The SMILES string of the molecule is CC(C)CNCc1ccc(-c2ccccc2S(=O)(=O)N2CCCC2C)cc1. The van der Waals surface area contributed by atoms with Crippen LogP contribution < -0.4 is 5.32 Å². The molecule has 0 saturated carbocycles. The Morgan fingerprint density at radius 1 is 1.11 bits per heavy atom. The van der Waals surface area contributed by atoms with Gasteiger partial charge in [0.2, 0.25) is 10.0 Å². The number of rotatable bonds is 7. The first-order valence-corrected chi connectivity index (χ1v) is 11.2. The van der Waals surface area contributed by atoms with Gasteiger partial charge in [0.05, 0.1) is 4.90 Å². The van der Waals surface area contributed by atoms with Crippen molar-refractivity contribution < 1.29 is 8.42 Å². The summed E-state index contributed by atoms with van der Waals surface area (Å²) in [5.41, 5.74) is 2.92. The Labute approximate surface area is 163 Å². The van der Waals surface area contributed by atoms with E-state index in [0.29, 0.717) is 17.4 Å². The Morgan fingerprint density at radius 3 is 2.44 bits per heavy atom. The summed E-state index contributed by atoms with van der Waals surface area (Å²) in [5.74, 6) is 0.620. The topological polar surface area (TPSA) is 49.4 Å². The van der Waals surface area contributed by atoms with Crippen molar-refractivity contribution in [2.75, 3.05) is 13.1 Å². The molecule has 5 heteroatoms. The van der Waals surface area contributed by atoms with Crippen LogP contribution in [0.25, 0.3) is 11.1 Å². The highest BCUT2D eigenvalue weighted by Crippen LogP contribution is 2.32. The summed E-state index contributed by atoms with van der Waals surface area (Å²) in [6.07, 6.45) is 1.86. The van der Waals surface area contributed by atoms with E-state index in [-0.39, 0.29) is 6.04 Å². The van der Waals surface area contributed by atoms with E-state index in [1.165, 1.54) is 5.56 Å². The molecule has 0 spiro atoms. The van der Waals surface area contributed by atoms with Crippen molar-refractivity contribution >= 4 is 10.0 Å². The molecule has 1 aliphatic heterocycles. The molecule has 1 heterocycles. The fourth-order valence-corrected chi connectivity index (χ4v) is 5.54. The van der Waals surface area contributed by atoms with Crippen molar-refractivity contribution in [3.8, 4) is 11.1 Å². The van der Waals surface area contributed by atoms with Gasteiger partial charge >= 0.3 is 0 Å². The van der Waals surface area contributed by atoms with Gasteiger partial charge in [-0.3, -0.25) is 0 Å². The van der Waals surface area contributed by atoms with Crippen LogP contribution in [0.3, 0.4) is 0 Å². The van der Waals surface area contributed by atoms with Crippen LogP contribution in [0.4, 0.5) is 0 Å². The molecular formula is C22H30N2O2S. The molecule has 1 unspecified atom stereocenters. The third-order valence-corrected chi connectivity index (χ3v) is 7.18. The summed E-state index contributed by atoms with van der Waals surface area (Å²) in [4.78, 5) is 0.407. The standard InChI is InChI=1S/C22H30N2O2S/c1-17(2)15-23-16-19-10-12-20(13-11-19)21-8-4-5-9-22(21)27(25,26)24-14-6-7-18(24)3/h4-5,8-13,17-18,23H,6-7,14-16H2,1-3H3. The maximum Gasteiger partial charge on any atom is 0.243 e. The molecule has 0 aliphatic carbocycles. The Hall–Kier alpha value is -1.69. The number of nitrogens with one attached hydrogen (secondary N) is 1. The second-order valence-corrected chi connectivity index (χ2v) is 9.68. The number of hydrogen-bond acceptors (Lipinski definition) is 3. The fraction of sp³-hybridized carbons (Fsp3) is 0.455. The monoisotopic (exact) mass is 386 g/mol. The highest BCUT2D eigenvalue weighted by molar-refractivity contribution is 7.89. The average molecular weight is 387 g/mol. The Kier molecular flexibility index (Phi) is 6.35. The maximum atomic E-state index is 13.2. The molecular weight excluding hydrogens is 356 g/mol. The van der Waals surface area contributed by atoms with Crippen molar-refractivity contribution in [1.82, 2.24) is 9.62 Å². The molecule has 27 heavy (non-hydrogen) atoms. The Balaban J connectivity index is 1.86. The molecule has 0 aromatic heterocycles. The van der Waals surface area contributed by atoms with Crippen LogP contribution >= 0.6 is 0 Å². The van der Waals surface area contributed by atoms with Gasteiger partial charge in [-0.25, -0.2) is 8.42 Å². The fourth-order valence-electron chi connectivity index (χ4n) is 3.63. The number of benzene rings is 2. The summed E-state index contributed by atoms with van der Waals surface area (Å²) >= 11 is 0. The summed E-state index contributed by atoms with van der Waals surface area (Å²) in [6, 6.07) is 15.6. The summed E-state index contributed by atoms with van der Waals surface area (Å²) < 4.78 is 28.1. The quantitative estimate of drug-likeness (QED) is 0.773. The molecule has 146 valence electrons. The predicted octanol–water partition coefficient (Wildman–Crippen LogP) is 4.27. The second-order valence-electron chi connectivity index (χ2n) is 7.82. The lowest BCUT2D eigenvalue weighted by Gasteiger charge is -2.22. The Bertz CT molecular complexity index is 860. The molecule has 0 amide bonds. The van der Waals surface area contributed by atoms with Crippen molar-refractivity contribution in [3.63, 3.8) is 0 Å². The first-order chi connectivity index (χ1) is 12.9. The summed E-state index contributed by atoms with van der Waals surface area (Å²) in [6.45, 7) is 8.79. The van der Waals surface area contributed by atoms with E-state index in [4.69, 9.17) is 0 Å². The summed E-state index contributed by atoms with van der Waals surface area (Å²) in [5, 5.41) is 3.44. The van der Waals surface area contributed by atoms with Gasteiger partial charge in [0.1, 0.15) is 0 Å². The minimum atomic E-state index is -3.48. The normalized spacial score (nSPS) is 18.3. The van der Waals surface area contributed by atoms with E-state index in [0.717, 1.165) is 37.1 Å². The molecule has 2 aromatic rings. The van der Waals surface area contributed by atoms with Crippen molar-refractivity contribution in [2.45, 2.75) is 51.1 Å². The molecule has 1 fully saturated rings. The molecule has 0 radical (unpaired) electrons. The minimum Gasteiger partial charge on any atom is -0.312 e. The van der Waals surface area contributed by atoms with Crippen molar-refractivity contribution in [3.05, 3.63) is 54.1 Å². The number of sulfonamides is 1. The zero-order valence-corrected chi connectivity index (χ0v) is 17.3. The zero-order valence-electron chi connectivity index (χ0n) is 16.5. The van der Waals surface area contributed by atoms with Gasteiger partial charge < -0.3 is 5.32 Å². The highest BCUT2D eigenvalue weighted by atomic mass is 32.2. The Morgan fingerprint density at radius 2 is 1.81 bits per heavy atom. The lowest BCUT2D eigenvalue weighted by molar-refractivity contribution is 0.408. The molecule has 1 aliphatic rings. The minimum absolute atomic E-state index is 0.0671. The van der Waals surface area contributed by atoms with Crippen LogP contribution in [0.1, 0.15) is 39.2 Å². The van der Waals surface area contributed by atoms with Gasteiger partial charge in [-0.1, -0.05) is 56.3 Å². The van der Waals surface area contributed by atoms with E-state index in [9.17, 15) is 8.42 Å². The van der Waals surface area contributed by atoms with Crippen LogP contribution in [0.15, 0.2) is 53.4 Å². The molecule has 3 rings (SSSR count). The van der Waals surface area contributed by atoms with Crippen LogP contribution in [-0.2, 0) is 16.6 Å². The maximum absolute atomic E-state index is 13.2. The smallest absolute Gasteiger partial charge is 0.243 e. The molecule has 1 atom stereocenters. The van der Waals surface area contributed by atoms with Crippen LogP contribution in [0.2, 0.25) is 0 Å². The van der Waals surface area contributed by atoms with Gasteiger partial charge in [-0.05, 0) is 49.4 Å². The first kappa shape index (κ1) is 20.1. The van der Waals surface area contributed by atoms with Crippen LogP contribution in [0.5, 0.6) is 0 Å². The van der Waals surface area contributed by atoms with Gasteiger partial charge in [0.25, 0.3) is 0 Å². The average Bonchev–Trinajstić information content (AvgIpc) is 3.09. The third kappa shape index (κ3) is 4.60. The van der Waals surface area contributed by atoms with Gasteiger partial charge in [0.15, 0.2) is 0 Å². The molecule has 0 bridgehead atoms. The van der Waals surface area contributed by atoms with E-state index in [1.54, 1.807) is 16.4 Å². The van der Waals surface area contributed by atoms with Crippen LogP contribution in [-0.4, -0.2) is 31.9 Å². The number of nitrogens with zero attached hydrogens (tertiary/aromatic N) is 1. The second kappa shape index (κ2) is 8.55. The lowest BCUT2D eigenvalue weighted by Crippen LogP contribution is -2.33. The third-order valence-electron chi connectivity index (χ3n) is 5.11. The van der Waals surface area contributed by atoms with E-state index in [2.05, 4.69) is 31.3 Å². The summed E-state index contributed by atoms with van der Waals surface area (Å²) in [7, 11) is -3.48. The van der Waals surface area contributed by atoms with E-state index < -0.39 is 10.0 Å². The predicted molar refractivity (Wildman–Crippen MR) is 111 cm³/mol.